The summed E-state index contributed by atoms with van der Waals surface area (Å²) in [5.74, 6) is -1.48. The first-order chi connectivity index (χ1) is 9.56. The van der Waals surface area contributed by atoms with Crippen molar-refractivity contribution in [3.05, 3.63) is 33.4 Å². The van der Waals surface area contributed by atoms with Gasteiger partial charge in [-0.1, -0.05) is 12.1 Å². The zero-order valence-corrected chi connectivity index (χ0v) is 13.0. The number of nitrogens with one attached hydrogen (secondary N) is 1. The fourth-order valence-corrected chi connectivity index (χ4v) is 2.45. The summed E-state index contributed by atoms with van der Waals surface area (Å²) in [4.78, 5) is 23.2. The van der Waals surface area contributed by atoms with E-state index in [-0.39, 0.29) is 18.2 Å². The second kappa shape index (κ2) is 7.03. The lowest BCUT2D eigenvalue weighted by atomic mass is 10.0. The Hall–Kier alpha value is -1.15. The lowest BCUT2D eigenvalue weighted by molar-refractivity contribution is -0.142. The van der Waals surface area contributed by atoms with Crippen LogP contribution in [-0.4, -0.2) is 36.2 Å². The molecule has 1 amide bonds. The molecular formula is C14H16INO4. The molecule has 0 saturated carbocycles. The summed E-state index contributed by atoms with van der Waals surface area (Å²) in [5, 5.41) is 11.8. The van der Waals surface area contributed by atoms with E-state index in [2.05, 4.69) is 27.9 Å². The summed E-state index contributed by atoms with van der Waals surface area (Å²) in [6.45, 7) is 0.939. The summed E-state index contributed by atoms with van der Waals surface area (Å²) in [5.41, 5.74) is 0.890. The number of hydrogen-bond donors (Lipinski definition) is 2. The molecule has 1 aliphatic rings. The Morgan fingerprint density at radius 1 is 1.40 bits per heavy atom. The van der Waals surface area contributed by atoms with E-state index in [1.165, 1.54) is 0 Å². The average molecular weight is 389 g/mol. The largest absolute Gasteiger partial charge is 0.480 e. The van der Waals surface area contributed by atoms with Crippen LogP contribution in [0.4, 0.5) is 0 Å². The van der Waals surface area contributed by atoms with Crippen LogP contribution in [0.3, 0.4) is 0 Å². The van der Waals surface area contributed by atoms with Gasteiger partial charge in [0, 0.05) is 16.6 Å². The maximum Gasteiger partial charge on any atom is 0.326 e. The topological polar surface area (TPSA) is 75.6 Å². The molecule has 2 N–H and O–H groups in total. The molecule has 20 heavy (non-hydrogen) atoms. The van der Waals surface area contributed by atoms with Crippen molar-refractivity contribution in [2.45, 2.75) is 18.9 Å². The molecule has 0 radical (unpaired) electrons. The van der Waals surface area contributed by atoms with Crippen molar-refractivity contribution in [1.29, 1.82) is 0 Å². The molecule has 1 aromatic rings. The van der Waals surface area contributed by atoms with Gasteiger partial charge < -0.3 is 15.2 Å². The SMILES string of the molecule is O=C(N[C@H](Cc1ccc(I)cc1)C(=O)O)[C@H]1CCOC1. The van der Waals surface area contributed by atoms with Crippen LogP contribution >= 0.6 is 22.6 Å². The summed E-state index contributed by atoms with van der Waals surface area (Å²) in [6.07, 6.45) is 0.938. The smallest absolute Gasteiger partial charge is 0.326 e. The number of aliphatic carboxylic acids is 1. The fraction of sp³-hybridized carbons (Fsp3) is 0.429. The van der Waals surface area contributed by atoms with Crippen molar-refractivity contribution in [3.63, 3.8) is 0 Å². The number of carboxylic acid groups (broad SMARTS) is 1. The summed E-state index contributed by atoms with van der Waals surface area (Å²) in [7, 11) is 0. The summed E-state index contributed by atoms with van der Waals surface area (Å²) in [6, 6.07) is 6.69. The Balaban J connectivity index is 1.98. The molecule has 0 unspecified atom stereocenters. The standard InChI is InChI=1S/C14H16INO4/c15-11-3-1-9(2-4-11)7-12(14(18)19)16-13(17)10-5-6-20-8-10/h1-4,10,12H,5-8H2,(H,16,17)(H,18,19)/t10-,12+/m0/s1. The van der Waals surface area contributed by atoms with E-state index >= 15 is 0 Å². The molecule has 108 valence electrons. The minimum Gasteiger partial charge on any atom is -0.480 e. The third-order valence-electron chi connectivity index (χ3n) is 3.27. The van der Waals surface area contributed by atoms with Gasteiger partial charge in [-0.15, -0.1) is 0 Å². The predicted octanol–water partition coefficient (Wildman–Crippen LogP) is 1.44. The highest BCUT2D eigenvalue weighted by atomic mass is 127. The van der Waals surface area contributed by atoms with Gasteiger partial charge >= 0.3 is 5.97 Å². The summed E-state index contributed by atoms with van der Waals surface area (Å²) >= 11 is 2.19. The van der Waals surface area contributed by atoms with E-state index in [9.17, 15) is 14.7 Å². The minimum absolute atomic E-state index is 0.228. The van der Waals surface area contributed by atoms with Crippen molar-refractivity contribution in [1.82, 2.24) is 5.32 Å². The van der Waals surface area contributed by atoms with E-state index in [1.54, 1.807) is 0 Å². The first kappa shape index (κ1) is 15.2. The number of carboxylic acids is 1. The van der Waals surface area contributed by atoms with Crippen LogP contribution < -0.4 is 5.32 Å². The second-order valence-electron chi connectivity index (χ2n) is 4.79. The number of rotatable bonds is 5. The van der Waals surface area contributed by atoms with Crippen molar-refractivity contribution in [2.75, 3.05) is 13.2 Å². The van der Waals surface area contributed by atoms with Gasteiger partial charge in [0.15, 0.2) is 0 Å². The highest BCUT2D eigenvalue weighted by molar-refractivity contribution is 14.1. The molecule has 0 aromatic heterocycles. The molecule has 0 bridgehead atoms. The first-order valence-electron chi connectivity index (χ1n) is 6.41. The Morgan fingerprint density at radius 3 is 2.65 bits per heavy atom. The molecule has 6 heteroatoms. The third-order valence-corrected chi connectivity index (χ3v) is 3.99. The molecule has 1 fully saturated rings. The Labute approximate surface area is 130 Å². The van der Waals surface area contributed by atoms with Crippen LogP contribution in [0, 0.1) is 9.49 Å². The first-order valence-corrected chi connectivity index (χ1v) is 7.49. The van der Waals surface area contributed by atoms with E-state index in [4.69, 9.17) is 4.74 Å². The van der Waals surface area contributed by atoms with Crippen LogP contribution in [-0.2, 0) is 20.7 Å². The van der Waals surface area contributed by atoms with Crippen molar-refractivity contribution < 1.29 is 19.4 Å². The van der Waals surface area contributed by atoms with Crippen LogP contribution in [0.5, 0.6) is 0 Å². The highest BCUT2D eigenvalue weighted by Gasteiger charge is 2.28. The molecule has 0 aliphatic carbocycles. The van der Waals surface area contributed by atoms with Gasteiger partial charge in [-0.05, 0) is 46.7 Å². The Bertz CT molecular complexity index is 482. The van der Waals surface area contributed by atoms with Crippen molar-refractivity contribution in [3.8, 4) is 0 Å². The van der Waals surface area contributed by atoms with Crippen molar-refractivity contribution in [2.24, 2.45) is 5.92 Å². The number of ether oxygens (including phenoxy) is 1. The van der Waals surface area contributed by atoms with Crippen LogP contribution in [0.2, 0.25) is 0 Å². The zero-order chi connectivity index (χ0) is 14.5. The Kier molecular flexibility index (Phi) is 5.36. The molecule has 2 atom stereocenters. The second-order valence-corrected chi connectivity index (χ2v) is 6.04. The molecule has 2 rings (SSSR count). The number of halogens is 1. The molecule has 1 aromatic carbocycles. The van der Waals surface area contributed by atoms with Gasteiger partial charge in [0.25, 0.3) is 0 Å². The third kappa shape index (κ3) is 4.17. The molecule has 1 heterocycles. The maximum atomic E-state index is 11.9. The Morgan fingerprint density at radius 2 is 2.10 bits per heavy atom. The van der Waals surface area contributed by atoms with E-state index < -0.39 is 12.0 Å². The number of carbonyl (C=O) groups is 2. The van der Waals surface area contributed by atoms with Crippen LogP contribution in [0.25, 0.3) is 0 Å². The number of hydrogen-bond acceptors (Lipinski definition) is 3. The van der Waals surface area contributed by atoms with E-state index in [1.807, 2.05) is 24.3 Å². The van der Waals surface area contributed by atoms with Gasteiger partial charge in [-0.25, -0.2) is 4.79 Å². The molecule has 1 saturated heterocycles. The van der Waals surface area contributed by atoms with Gasteiger partial charge in [0.2, 0.25) is 5.91 Å². The zero-order valence-electron chi connectivity index (χ0n) is 10.8. The highest BCUT2D eigenvalue weighted by Crippen LogP contribution is 2.13. The lowest BCUT2D eigenvalue weighted by Crippen LogP contribution is -2.45. The molecule has 5 nitrogen and oxygen atoms in total. The normalized spacial score (nSPS) is 19.6. The van der Waals surface area contributed by atoms with Gasteiger partial charge in [0.05, 0.1) is 12.5 Å². The predicted molar refractivity (Wildman–Crippen MR) is 81.4 cm³/mol. The van der Waals surface area contributed by atoms with Gasteiger partial charge in [0.1, 0.15) is 6.04 Å². The van der Waals surface area contributed by atoms with Gasteiger partial charge in [-0.2, -0.15) is 0 Å². The van der Waals surface area contributed by atoms with Crippen LogP contribution in [0.1, 0.15) is 12.0 Å². The summed E-state index contributed by atoms with van der Waals surface area (Å²) < 4.78 is 6.23. The lowest BCUT2D eigenvalue weighted by Gasteiger charge is -2.17. The van der Waals surface area contributed by atoms with E-state index in [0.29, 0.717) is 19.6 Å². The van der Waals surface area contributed by atoms with Crippen LogP contribution in [0.15, 0.2) is 24.3 Å². The minimum atomic E-state index is -1.02. The number of amides is 1. The maximum absolute atomic E-state index is 11.9. The van der Waals surface area contributed by atoms with Gasteiger partial charge in [-0.3, -0.25) is 4.79 Å². The quantitative estimate of drug-likeness (QED) is 0.748. The van der Waals surface area contributed by atoms with E-state index in [0.717, 1.165) is 9.13 Å². The fourth-order valence-electron chi connectivity index (χ4n) is 2.09. The number of benzene rings is 1. The molecular weight excluding hydrogens is 373 g/mol. The molecule has 0 spiro atoms. The van der Waals surface area contributed by atoms with Crippen molar-refractivity contribution >= 4 is 34.5 Å². The monoisotopic (exact) mass is 389 g/mol. The molecule has 1 aliphatic heterocycles. The number of carbonyl (C=O) groups excluding carboxylic acids is 1. The average Bonchev–Trinajstić information content (AvgIpc) is 2.94.